The molecular formula is C13H14BrN3O. The summed E-state index contributed by atoms with van der Waals surface area (Å²) in [4.78, 5) is 13.8. The molecule has 0 aliphatic heterocycles. The van der Waals surface area contributed by atoms with Gasteiger partial charge in [0.2, 0.25) is 0 Å². The highest BCUT2D eigenvalue weighted by molar-refractivity contribution is 9.08. The second-order valence-corrected chi connectivity index (χ2v) is 4.66. The molecule has 0 saturated heterocycles. The lowest BCUT2D eigenvalue weighted by Gasteiger charge is -2.16. The molecule has 0 bridgehead atoms. The molecule has 0 unspecified atom stereocenters. The Morgan fingerprint density at radius 2 is 2.06 bits per heavy atom. The molecule has 1 heterocycles. The first-order valence-electron chi connectivity index (χ1n) is 5.58. The number of alkyl halides is 1. The van der Waals surface area contributed by atoms with Crippen LogP contribution in [-0.4, -0.2) is 28.1 Å². The number of nitrogens with zero attached hydrogens (tertiary/aromatic N) is 2. The molecule has 18 heavy (non-hydrogen) atoms. The molecule has 1 N–H and O–H groups in total. The van der Waals surface area contributed by atoms with Crippen molar-refractivity contribution in [2.24, 2.45) is 0 Å². The maximum atomic E-state index is 12.2. The van der Waals surface area contributed by atoms with Gasteiger partial charge in [0.1, 0.15) is 0 Å². The molecule has 1 aromatic heterocycles. The summed E-state index contributed by atoms with van der Waals surface area (Å²) >= 11 is 3.38. The van der Waals surface area contributed by atoms with Gasteiger partial charge in [-0.05, 0) is 17.7 Å². The molecule has 0 fully saturated rings. The van der Waals surface area contributed by atoms with Crippen molar-refractivity contribution >= 4 is 21.8 Å². The van der Waals surface area contributed by atoms with Crippen LogP contribution in [0.4, 0.5) is 0 Å². The second-order valence-electron chi connectivity index (χ2n) is 4.10. The van der Waals surface area contributed by atoms with Crippen molar-refractivity contribution in [3.05, 3.63) is 53.3 Å². The summed E-state index contributed by atoms with van der Waals surface area (Å²) in [7, 11) is 1.79. The standard InChI is InChI=1S/C13H14BrN3O/c1-17(9-11-7-15-16-8-11)13(18)12-4-2-10(6-14)3-5-12/h2-5,7-8H,6,9H2,1H3,(H,15,16). The van der Waals surface area contributed by atoms with Crippen LogP contribution in [0.25, 0.3) is 0 Å². The van der Waals surface area contributed by atoms with Crippen LogP contribution in [0.15, 0.2) is 36.7 Å². The number of aromatic nitrogens is 2. The lowest BCUT2D eigenvalue weighted by molar-refractivity contribution is 0.0785. The van der Waals surface area contributed by atoms with E-state index in [1.807, 2.05) is 24.3 Å². The minimum Gasteiger partial charge on any atom is -0.337 e. The zero-order valence-corrected chi connectivity index (χ0v) is 11.6. The predicted octanol–water partition coefficient (Wildman–Crippen LogP) is 2.58. The quantitative estimate of drug-likeness (QED) is 0.883. The summed E-state index contributed by atoms with van der Waals surface area (Å²) in [5.41, 5.74) is 2.85. The lowest BCUT2D eigenvalue weighted by Crippen LogP contribution is -2.25. The van der Waals surface area contributed by atoms with Gasteiger partial charge in [-0.15, -0.1) is 0 Å². The third-order valence-corrected chi connectivity index (χ3v) is 3.32. The summed E-state index contributed by atoms with van der Waals surface area (Å²) in [6.07, 6.45) is 3.51. The maximum Gasteiger partial charge on any atom is 0.253 e. The topological polar surface area (TPSA) is 49.0 Å². The molecule has 0 aliphatic carbocycles. The van der Waals surface area contributed by atoms with Crippen LogP contribution < -0.4 is 0 Å². The number of carbonyl (C=O) groups is 1. The Balaban J connectivity index is 2.05. The minimum atomic E-state index is 0.0114. The highest BCUT2D eigenvalue weighted by Gasteiger charge is 2.12. The van der Waals surface area contributed by atoms with Gasteiger partial charge in [-0.2, -0.15) is 5.10 Å². The van der Waals surface area contributed by atoms with Crippen LogP contribution >= 0.6 is 15.9 Å². The van der Waals surface area contributed by atoms with Crippen LogP contribution in [0, 0.1) is 0 Å². The fraction of sp³-hybridized carbons (Fsp3) is 0.231. The molecule has 4 nitrogen and oxygen atoms in total. The monoisotopic (exact) mass is 307 g/mol. The minimum absolute atomic E-state index is 0.0114. The average Bonchev–Trinajstić information content (AvgIpc) is 2.91. The second kappa shape index (κ2) is 5.82. The van der Waals surface area contributed by atoms with Crippen molar-refractivity contribution < 1.29 is 4.79 Å². The van der Waals surface area contributed by atoms with E-state index < -0.39 is 0 Å². The van der Waals surface area contributed by atoms with Crippen LogP contribution in [0.5, 0.6) is 0 Å². The molecule has 5 heteroatoms. The molecule has 0 spiro atoms. The van der Waals surface area contributed by atoms with Crippen molar-refractivity contribution in [3.8, 4) is 0 Å². The molecule has 0 saturated carbocycles. The summed E-state index contributed by atoms with van der Waals surface area (Å²) in [5, 5.41) is 7.40. The largest absolute Gasteiger partial charge is 0.337 e. The van der Waals surface area contributed by atoms with Crippen LogP contribution in [0.1, 0.15) is 21.5 Å². The van der Waals surface area contributed by atoms with Crippen molar-refractivity contribution in [1.29, 1.82) is 0 Å². The molecule has 2 rings (SSSR count). The Kier molecular flexibility index (Phi) is 4.15. The van der Waals surface area contributed by atoms with E-state index in [0.29, 0.717) is 12.1 Å². The molecular weight excluding hydrogens is 294 g/mol. The van der Waals surface area contributed by atoms with Crippen molar-refractivity contribution in [1.82, 2.24) is 15.1 Å². The molecule has 94 valence electrons. The zero-order chi connectivity index (χ0) is 13.0. The van der Waals surface area contributed by atoms with E-state index in [0.717, 1.165) is 16.5 Å². The summed E-state index contributed by atoms with van der Waals surface area (Å²) in [5.74, 6) is 0.0114. The normalized spacial score (nSPS) is 10.3. The van der Waals surface area contributed by atoms with Gasteiger partial charge in [-0.3, -0.25) is 9.89 Å². The number of nitrogens with one attached hydrogen (secondary N) is 1. The van der Waals surface area contributed by atoms with Crippen LogP contribution in [0.2, 0.25) is 0 Å². The van der Waals surface area contributed by atoms with E-state index in [1.54, 1.807) is 24.3 Å². The smallest absolute Gasteiger partial charge is 0.253 e. The zero-order valence-electron chi connectivity index (χ0n) is 10.1. The third kappa shape index (κ3) is 2.98. The highest BCUT2D eigenvalue weighted by Crippen LogP contribution is 2.11. The Morgan fingerprint density at radius 1 is 1.33 bits per heavy atom. The number of halogens is 1. The number of aromatic amines is 1. The van der Waals surface area contributed by atoms with Gasteiger partial charge in [0.05, 0.1) is 6.20 Å². The first kappa shape index (κ1) is 12.8. The first-order valence-corrected chi connectivity index (χ1v) is 6.71. The molecule has 0 atom stereocenters. The number of H-pyrrole nitrogens is 1. The molecule has 1 aromatic carbocycles. The highest BCUT2D eigenvalue weighted by atomic mass is 79.9. The molecule has 2 aromatic rings. The van der Waals surface area contributed by atoms with Gasteiger partial charge in [0, 0.05) is 36.2 Å². The Labute approximate surface area is 114 Å². The van der Waals surface area contributed by atoms with Gasteiger partial charge in [0.25, 0.3) is 5.91 Å². The van der Waals surface area contributed by atoms with E-state index in [9.17, 15) is 4.79 Å². The number of hydrogen-bond donors (Lipinski definition) is 1. The number of amides is 1. The Morgan fingerprint density at radius 3 is 2.61 bits per heavy atom. The number of carbonyl (C=O) groups excluding carboxylic acids is 1. The van der Waals surface area contributed by atoms with Gasteiger partial charge in [-0.1, -0.05) is 28.1 Å². The van der Waals surface area contributed by atoms with E-state index >= 15 is 0 Å². The molecule has 0 aliphatic rings. The van der Waals surface area contributed by atoms with Crippen LogP contribution in [0.3, 0.4) is 0 Å². The van der Waals surface area contributed by atoms with Gasteiger partial charge >= 0.3 is 0 Å². The summed E-state index contributed by atoms with van der Waals surface area (Å²) in [6.45, 7) is 0.551. The van der Waals surface area contributed by atoms with Crippen LogP contribution in [-0.2, 0) is 11.9 Å². The van der Waals surface area contributed by atoms with E-state index in [4.69, 9.17) is 0 Å². The first-order chi connectivity index (χ1) is 8.70. The summed E-state index contributed by atoms with van der Waals surface area (Å²) < 4.78 is 0. The average molecular weight is 308 g/mol. The third-order valence-electron chi connectivity index (χ3n) is 2.68. The number of hydrogen-bond acceptors (Lipinski definition) is 2. The fourth-order valence-electron chi connectivity index (χ4n) is 1.67. The van der Waals surface area contributed by atoms with Crippen molar-refractivity contribution in [2.45, 2.75) is 11.9 Å². The predicted molar refractivity (Wildman–Crippen MR) is 73.5 cm³/mol. The maximum absolute atomic E-state index is 12.2. The molecule has 0 radical (unpaired) electrons. The van der Waals surface area contributed by atoms with E-state index in [1.165, 1.54) is 0 Å². The lowest BCUT2D eigenvalue weighted by atomic mass is 10.1. The van der Waals surface area contributed by atoms with E-state index in [2.05, 4.69) is 26.1 Å². The van der Waals surface area contributed by atoms with E-state index in [-0.39, 0.29) is 5.91 Å². The van der Waals surface area contributed by atoms with Gasteiger partial charge in [0.15, 0.2) is 0 Å². The number of rotatable bonds is 4. The SMILES string of the molecule is CN(Cc1cn[nH]c1)C(=O)c1ccc(CBr)cc1. The van der Waals surface area contributed by atoms with Gasteiger partial charge < -0.3 is 4.90 Å². The van der Waals surface area contributed by atoms with Crippen molar-refractivity contribution in [3.63, 3.8) is 0 Å². The number of benzene rings is 1. The van der Waals surface area contributed by atoms with Gasteiger partial charge in [-0.25, -0.2) is 0 Å². The van der Waals surface area contributed by atoms with Crippen molar-refractivity contribution in [2.75, 3.05) is 7.05 Å². The summed E-state index contributed by atoms with van der Waals surface area (Å²) in [6, 6.07) is 7.61. The fourth-order valence-corrected chi connectivity index (χ4v) is 2.04. The Hall–Kier alpha value is -1.62. The molecule has 1 amide bonds. The Bertz CT molecular complexity index is 508.